The first-order valence-electron chi connectivity index (χ1n) is 10.5. The van der Waals surface area contributed by atoms with Crippen LogP contribution in [0.5, 0.6) is 11.5 Å². The molecule has 7 heteroatoms. The zero-order valence-electron chi connectivity index (χ0n) is 18.1. The number of ether oxygens (including phenoxy) is 1. The Balaban J connectivity index is 1.51. The third kappa shape index (κ3) is 4.47. The van der Waals surface area contributed by atoms with Crippen LogP contribution in [0.3, 0.4) is 0 Å². The number of carbonyl (C=O) groups excluding carboxylic acids is 1. The van der Waals surface area contributed by atoms with Gasteiger partial charge < -0.3 is 15.4 Å². The Morgan fingerprint density at radius 2 is 1.97 bits per heavy atom. The van der Waals surface area contributed by atoms with E-state index in [4.69, 9.17) is 22.1 Å². The van der Waals surface area contributed by atoms with E-state index in [0.29, 0.717) is 29.4 Å². The van der Waals surface area contributed by atoms with Crippen LogP contribution in [-0.2, 0) is 19.5 Å². The predicted octanol–water partition coefficient (Wildman–Crippen LogP) is 5.07. The number of fused-ring (bicyclic) bond motifs is 1. The number of nitrogens with two attached hydrogens (primary N) is 1. The maximum absolute atomic E-state index is 13.1. The molecule has 0 unspecified atom stereocenters. The molecular weight excluding hydrogens is 424 g/mol. The molecule has 0 aliphatic rings. The first-order chi connectivity index (χ1) is 15.5. The van der Waals surface area contributed by atoms with Gasteiger partial charge in [0.25, 0.3) is 5.91 Å². The van der Waals surface area contributed by atoms with Gasteiger partial charge in [-0.3, -0.25) is 4.79 Å². The molecule has 2 aromatic heterocycles. The van der Waals surface area contributed by atoms with E-state index in [-0.39, 0.29) is 5.91 Å². The van der Waals surface area contributed by atoms with Crippen molar-refractivity contribution in [2.45, 2.75) is 26.4 Å². The van der Waals surface area contributed by atoms with Crippen molar-refractivity contribution in [1.29, 1.82) is 0 Å². The van der Waals surface area contributed by atoms with Crippen LogP contribution in [0.1, 0.15) is 34.0 Å². The Hall–Kier alpha value is -3.35. The molecule has 32 heavy (non-hydrogen) atoms. The van der Waals surface area contributed by atoms with Crippen LogP contribution >= 0.6 is 11.6 Å². The minimum absolute atomic E-state index is 0.137. The number of benzene rings is 2. The lowest BCUT2D eigenvalue weighted by atomic mass is 10.1. The molecule has 0 fully saturated rings. The maximum atomic E-state index is 13.1. The number of halogens is 1. The van der Waals surface area contributed by atoms with Gasteiger partial charge >= 0.3 is 0 Å². The summed E-state index contributed by atoms with van der Waals surface area (Å²) >= 11 is 6.53. The zero-order chi connectivity index (χ0) is 22.7. The summed E-state index contributed by atoms with van der Waals surface area (Å²) in [7, 11) is 1.75. The van der Waals surface area contributed by atoms with E-state index in [1.165, 1.54) is 0 Å². The second-order valence-corrected chi connectivity index (χ2v) is 8.01. The second kappa shape index (κ2) is 9.42. The van der Waals surface area contributed by atoms with E-state index in [0.717, 1.165) is 34.4 Å². The minimum Gasteiger partial charge on any atom is -0.457 e. The lowest BCUT2D eigenvalue weighted by molar-refractivity contribution is 0.0787. The Morgan fingerprint density at radius 3 is 2.72 bits per heavy atom. The van der Waals surface area contributed by atoms with Gasteiger partial charge in [0, 0.05) is 31.4 Å². The van der Waals surface area contributed by atoms with Crippen molar-refractivity contribution in [2.24, 2.45) is 5.73 Å². The normalized spacial score (nSPS) is 11.0. The summed E-state index contributed by atoms with van der Waals surface area (Å²) in [6, 6.07) is 17.2. The number of rotatable bonds is 7. The highest BCUT2D eigenvalue weighted by atomic mass is 35.5. The maximum Gasteiger partial charge on any atom is 0.257 e. The average molecular weight is 449 g/mol. The molecule has 4 aromatic rings. The van der Waals surface area contributed by atoms with E-state index >= 15 is 0 Å². The molecule has 2 heterocycles. The minimum atomic E-state index is -0.137. The van der Waals surface area contributed by atoms with E-state index < -0.39 is 0 Å². The Bertz CT molecular complexity index is 1270. The summed E-state index contributed by atoms with van der Waals surface area (Å²) < 4.78 is 7.71. The first kappa shape index (κ1) is 21.9. The molecule has 0 aliphatic heterocycles. The Labute approximate surface area is 192 Å². The number of amides is 1. The number of nitrogens with zero attached hydrogens (tertiary/aromatic N) is 3. The van der Waals surface area contributed by atoms with Gasteiger partial charge in [-0.25, -0.2) is 4.52 Å². The Kier molecular flexibility index (Phi) is 6.44. The van der Waals surface area contributed by atoms with E-state index in [1.807, 2.05) is 48.5 Å². The third-order valence-electron chi connectivity index (χ3n) is 5.41. The van der Waals surface area contributed by atoms with Gasteiger partial charge in [0.1, 0.15) is 11.5 Å². The van der Waals surface area contributed by atoms with Crippen molar-refractivity contribution < 1.29 is 9.53 Å². The van der Waals surface area contributed by atoms with Crippen LogP contribution in [0.4, 0.5) is 0 Å². The van der Waals surface area contributed by atoms with Crippen molar-refractivity contribution in [3.8, 4) is 11.5 Å². The first-order valence-corrected chi connectivity index (χ1v) is 10.8. The highest BCUT2D eigenvalue weighted by molar-refractivity contribution is 6.31. The number of para-hydroxylation sites is 1. The number of hydrogen-bond donors (Lipinski definition) is 1. The molecule has 0 saturated heterocycles. The summed E-state index contributed by atoms with van der Waals surface area (Å²) in [6.07, 6.45) is 4.27. The summed E-state index contributed by atoms with van der Waals surface area (Å²) in [5, 5.41) is 4.82. The molecule has 4 rings (SSSR count). The Morgan fingerprint density at radius 1 is 1.16 bits per heavy atom. The van der Waals surface area contributed by atoms with Crippen LogP contribution in [0.2, 0.25) is 5.02 Å². The lowest BCUT2D eigenvalue weighted by Gasteiger charge is -2.18. The van der Waals surface area contributed by atoms with Crippen molar-refractivity contribution in [1.82, 2.24) is 14.5 Å². The second-order valence-electron chi connectivity index (χ2n) is 7.60. The molecule has 0 aliphatic carbocycles. The van der Waals surface area contributed by atoms with Crippen molar-refractivity contribution in [3.05, 3.63) is 94.3 Å². The molecule has 0 radical (unpaired) electrons. The van der Waals surface area contributed by atoms with Gasteiger partial charge in [-0.1, -0.05) is 42.8 Å². The van der Waals surface area contributed by atoms with Crippen LogP contribution in [0, 0.1) is 0 Å². The smallest absolute Gasteiger partial charge is 0.257 e. The molecule has 0 saturated carbocycles. The fourth-order valence-corrected chi connectivity index (χ4v) is 3.82. The SMILES string of the molecule is CCc1ccccc1Oc1ccc(CN(C)C(=O)c2cnn3ccc(CN)cc23)c(Cl)c1. The molecular formula is C25H25ClN4O2. The van der Waals surface area contributed by atoms with Gasteiger partial charge in [0.15, 0.2) is 0 Å². The number of pyridine rings is 1. The molecule has 1 amide bonds. The summed E-state index contributed by atoms with van der Waals surface area (Å²) in [4.78, 5) is 14.7. The molecule has 0 spiro atoms. The van der Waals surface area contributed by atoms with Gasteiger partial charge in [0.2, 0.25) is 0 Å². The van der Waals surface area contributed by atoms with Gasteiger partial charge in [-0.05, 0) is 53.4 Å². The molecule has 2 N–H and O–H groups in total. The van der Waals surface area contributed by atoms with Crippen molar-refractivity contribution in [2.75, 3.05) is 7.05 Å². The zero-order valence-corrected chi connectivity index (χ0v) is 18.8. The highest BCUT2D eigenvalue weighted by Crippen LogP contribution is 2.30. The van der Waals surface area contributed by atoms with E-state index in [2.05, 4.69) is 12.0 Å². The van der Waals surface area contributed by atoms with Crippen LogP contribution in [-0.4, -0.2) is 27.5 Å². The van der Waals surface area contributed by atoms with Crippen LogP contribution < -0.4 is 10.5 Å². The van der Waals surface area contributed by atoms with Crippen LogP contribution in [0.15, 0.2) is 67.0 Å². The van der Waals surface area contributed by atoms with E-state index in [9.17, 15) is 4.79 Å². The fraction of sp³-hybridized carbons (Fsp3) is 0.200. The van der Waals surface area contributed by atoms with Gasteiger partial charge in [-0.2, -0.15) is 5.10 Å². The van der Waals surface area contributed by atoms with Crippen molar-refractivity contribution in [3.63, 3.8) is 0 Å². The number of aryl methyl sites for hydroxylation is 1. The number of aromatic nitrogens is 2. The quantitative estimate of drug-likeness (QED) is 0.428. The van der Waals surface area contributed by atoms with Gasteiger partial charge in [0.05, 0.1) is 17.3 Å². The monoisotopic (exact) mass is 448 g/mol. The standard InChI is InChI=1S/C25H25ClN4O2/c1-3-18-6-4-5-7-24(18)32-20-9-8-19(22(26)13-20)16-29(2)25(31)21-15-28-30-11-10-17(14-27)12-23(21)30/h4-13,15H,3,14,16,27H2,1-2H3. The van der Waals surface area contributed by atoms with Crippen molar-refractivity contribution >= 4 is 23.0 Å². The lowest BCUT2D eigenvalue weighted by Crippen LogP contribution is -2.26. The summed E-state index contributed by atoms with van der Waals surface area (Å²) in [5.74, 6) is 1.34. The largest absolute Gasteiger partial charge is 0.457 e. The van der Waals surface area contributed by atoms with Crippen LogP contribution in [0.25, 0.3) is 5.52 Å². The molecule has 2 aromatic carbocycles. The number of hydrogen-bond acceptors (Lipinski definition) is 4. The molecule has 6 nitrogen and oxygen atoms in total. The topological polar surface area (TPSA) is 72.9 Å². The molecule has 0 atom stereocenters. The molecule has 164 valence electrons. The highest BCUT2D eigenvalue weighted by Gasteiger charge is 2.18. The third-order valence-corrected chi connectivity index (χ3v) is 5.76. The number of carbonyl (C=O) groups is 1. The predicted molar refractivity (Wildman–Crippen MR) is 126 cm³/mol. The summed E-state index contributed by atoms with van der Waals surface area (Å²) in [5.41, 5.74) is 9.90. The van der Waals surface area contributed by atoms with E-state index in [1.54, 1.807) is 34.9 Å². The molecule has 0 bridgehead atoms. The van der Waals surface area contributed by atoms with Gasteiger partial charge in [-0.15, -0.1) is 0 Å². The fourth-order valence-electron chi connectivity index (χ4n) is 3.59. The summed E-state index contributed by atoms with van der Waals surface area (Å²) in [6.45, 7) is 2.85. The average Bonchev–Trinajstić information content (AvgIpc) is 3.23.